The van der Waals surface area contributed by atoms with Crippen LogP contribution in [0.1, 0.15) is 25.6 Å². The fraction of sp³-hybridized carbons (Fsp3) is 0.400. The van der Waals surface area contributed by atoms with Crippen LogP contribution in [0.5, 0.6) is 0 Å². The van der Waals surface area contributed by atoms with Crippen molar-refractivity contribution in [3.05, 3.63) is 48.3 Å². The van der Waals surface area contributed by atoms with Crippen LogP contribution in [-0.2, 0) is 4.74 Å². The van der Waals surface area contributed by atoms with Crippen LogP contribution in [0.4, 0.5) is 0 Å². The monoisotopic (exact) mass is 259 g/mol. The summed E-state index contributed by atoms with van der Waals surface area (Å²) in [7, 11) is 0. The molecular weight excluding hydrogens is 238 g/mol. The Hall–Kier alpha value is -1.65. The summed E-state index contributed by atoms with van der Waals surface area (Å²) in [5.74, 6) is 0. The molecule has 1 aromatic heterocycles. The van der Waals surface area contributed by atoms with Gasteiger partial charge in [0.25, 0.3) is 0 Å². The molecule has 0 spiro atoms. The van der Waals surface area contributed by atoms with Gasteiger partial charge in [0, 0.05) is 12.8 Å². The van der Waals surface area contributed by atoms with E-state index in [2.05, 4.69) is 17.3 Å². The molecule has 1 aromatic carbocycles. The van der Waals surface area contributed by atoms with Crippen LogP contribution in [0, 0.1) is 0 Å². The largest absolute Gasteiger partial charge is 0.380 e. The summed E-state index contributed by atoms with van der Waals surface area (Å²) in [6, 6.07) is 12.3. The van der Waals surface area contributed by atoms with Crippen molar-refractivity contribution in [2.24, 2.45) is 0 Å². The molecule has 0 fully saturated rings. The van der Waals surface area contributed by atoms with Crippen LogP contribution >= 0.6 is 0 Å². The van der Waals surface area contributed by atoms with Gasteiger partial charge < -0.3 is 10.1 Å². The minimum Gasteiger partial charge on any atom is -0.380 e. The smallest absolute Gasteiger partial charge is 0.0821 e. The first-order valence-corrected chi connectivity index (χ1v) is 6.77. The molecule has 102 valence electrons. The molecule has 0 aliphatic heterocycles. The highest BCUT2D eigenvalue weighted by Crippen LogP contribution is 2.13. The second-order valence-corrected chi connectivity index (χ2v) is 4.29. The number of para-hydroxylation sites is 1. The zero-order valence-corrected chi connectivity index (χ0v) is 11.5. The van der Waals surface area contributed by atoms with Gasteiger partial charge in [0.05, 0.1) is 24.0 Å². The topological polar surface area (TPSA) is 39.1 Å². The predicted molar refractivity (Wildman–Crippen MR) is 76.5 cm³/mol. The van der Waals surface area contributed by atoms with E-state index in [1.165, 1.54) is 0 Å². The van der Waals surface area contributed by atoms with Crippen LogP contribution in [0.2, 0.25) is 0 Å². The van der Waals surface area contributed by atoms with Crippen molar-refractivity contribution in [1.82, 2.24) is 15.1 Å². The van der Waals surface area contributed by atoms with Crippen molar-refractivity contribution in [2.45, 2.75) is 19.9 Å². The SMILES string of the molecule is CCNC(COCC)c1ccn(-c2ccccc2)n1. The van der Waals surface area contributed by atoms with Crippen LogP contribution < -0.4 is 5.32 Å². The fourth-order valence-corrected chi connectivity index (χ4v) is 1.98. The van der Waals surface area contributed by atoms with Gasteiger partial charge in [-0.15, -0.1) is 0 Å². The summed E-state index contributed by atoms with van der Waals surface area (Å²) in [4.78, 5) is 0. The quantitative estimate of drug-likeness (QED) is 0.830. The minimum absolute atomic E-state index is 0.148. The zero-order chi connectivity index (χ0) is 13.5. The second kappa shape index (κ2) is 7.07. The Labute approximate surface area is 114 Å². The highest BCUT2D eigenvalue weighted by atomic mass is 16.5. The number of benzene rings is 1. The van der Waals surface area contributed by atoms with Crippen molar-refractivity contribution in [2.75, 3.05) is 19.8 Å². The summed E-state index contributed by atoms with van der Waals surface area (Å²) in [6.45, 7) is 6.37. The third-order valence-corrected chi connectivity index (χ3v) is 2.93. The van der Waals surface area contributed by atoms with Crippen molar-refractivity contribution in [3.8, 4) is 5.69 Å². The van der Waals surface area contributed by atoms with E-state index in [0.29, 0.717) is 6.61 Å². The molecule has 0 bridgehead atoms. The molecular formula is C15H21N3O. The van der Waals surface area contributed by atoms with Gasteiger partial charge in [-0.05, 0) is 31.7 Å². The Morgan fingerprint density at radius 1 is 1.21 bits per heavy atom. The van der Waals surface area contributed by atoms with E-state index in [1.807, 2.05) is 54.2 Å². The van der Waals surface area contributed by atoms with Crippen LogP contribution in [0.3, 0.4) is 0 Å². The van der Waals surface area contributed by atoms with E-state index in [4.69, 9.17) is 4.74 Å². The summed E-state index contributed by atoms with van der Waals surface area (Å²) in [6.07, 6.45) is 1.99. The molecule has 1 N–H and O–H groups in total. The van der Waals surface area contributed by atoms with Gasteiger partial charge in [-0.1, -0.05) is 25.1 Å². The predicted octanol–water partition coefficient (Wildman–Crippen LogP) is 2.56. The maximum Gasteiger partial charge on any atom is 0.0821 e. The molecule has 4 nitrogen and oxygen atoms in total. The Morgan fingerprint density at radius 3 is 2.68 bits per heavy atom. The molecule has 19 heavy (non-hydrogen) atoms. The minimum atomic E-state index is 0.148. The molecule has 4 heteroatoms. The molecule has 0 aliphatic carbocycles. The van der Waals surface area contributed by atoms with Gasteiger partial charge in [0.1, 0.15) is 0 Å². The van der Waals surface area contributed by atoms with Crippen LogP contribution in [-0.4, -0.2) is 29.5 Å². The Kier molecular flexibility index (Phi) is 5.12. The van der Waals surface area contributed by atoms with Crippen molar-refractivity contribution >= 4 is 0 Å². The van der Waals surface area contributed by atoms with E-state index in [1.54, 1.807) is 0 Å². The highest BCUT2D eigenvalue weighted by Gasteiger charge is 2.13. The van der Waals surface area contributed by atoms with Gasteiger partial charge in [-0.2, -0.15) is 5.10 Å². The lowest BCUT2D eigenvalue weighted by Crippen LogP contribution is -2.26. The van der Waals surface area contributed by atoms with E-state index in [-0.39, 0.29) is 6.04 Å². The van der Waals surface area contributed by atoms with Crippen molar-refractivity contribution < 1.29 is 4.74 Å². The molecule has 0 radical (unpaired) electrons. The maximum absolute atomic E-state index is 5.51. The van der Waals surface area contributed by atoms with E-state index >= 15 is 0 Å². The molecule has 0 saturated heterocycles. The lowest BCUT2D eigenvalue weighted by atomic mass is 10.2. The number of aromatic nitrogens is 2. The second-order valence-electron chi connectivity index (χ2n) is 4.29. The number of ether oxygens (including phenoxy) is 1. The summed E-state index contributed by atoms with van der Waals surface area (Å²) in [5, 5.41) is 8.02. The fourth-order valence-electron chi connectivity index (χ4n) is 1.98. The number of rotatable bonds is 7. The van der Waals surface area contributed by atoms with E-state index < -0.39 is 0 Å². The van der Waals surface area contributed by atoms with Crippen molar-refractivity contribution in [1.29, 1.82) is 0 Å². The van der Waals surface area contributed by atoms with Crippen LogP contribution in [0.25, 0.3) is 5.69 Å². The van der Waals surface area contributed by atoms with Gasteiger partial charge in [-0.25, -0.2) is 4.68 Å². The summed E-state index contributed by atoms with van der Waals surface area (Å²) < 4.78 is 7.40. The molecule has 1 atom stereocenters. The van der Waals surface area contributed by atoms with Gasteiger partial charge in [0.15, 0.2) is 0 Å². The number of likely N-dealkylation sites (N-methyl/N-ethyl adjacent to an activating group) is 1. The lowest BCUT2D eigenvalue weighted by Gasteiger charge is -2.15. The number of hydrogen-bond donors (Lipinski definition) is 1. The average Bonchev–Trinajstić information content (AvgIpc) is 2.94. The maximum atomic E-state index is 5.51. The number of nitrogens with zero attached hydrogens (tertiary/aromatic N) is 2. The first-order valence-electron chi connectivity index (χ1n) is 6.77. The molecule has 0 saturated carbocycles. The van der Waals surface area contributed by atoms with Gasteiger partial charge in [0.2, 0.25) is 0 Å². The Morgan fingerprint density at radius 2 is 2.00 bits per heavy atom. The van der Waals surface area contributed by atoms with Gasteiger partial charge >= 0.3 is 0 Å². The van der Waals surface area contributed by atoms with E-state index in [0.717, 1.165) is 24.5 Å². The summed E-state index contributed by atoms with van der Waals surface area (Å²) >= 11 is 0. The molecule has 2 rings (SSSR count). The molecule has 0 amide bonds. The zero-order valence-electron chi connectivity index (χ0n) is 11.5. The Bertz CT molecular complexity index is 481. The first kappa shape index (κ1) is 13.8. The lowest BCUT2D eigenvalue weighted by molar-refractivity contribution is 0.122. The average molecular weight is 259 g/mol. The Balaban J connectivity index is 2.14. The molecule has 2 aromatic rings. The molecule has 1 heterocycles. The van der Waals surface area contributed by atoms with E-state index in [9.17, 15) is 0 Å². The third kappa shape index (κ3) is 3.66. The third-order valence-electron chi connectivity index (χ3n) is 2.93. The molecule has 1 unspecified atom stereocenters. The molecule has 0 aliphatic rings. The van der Waals surface area contributed by atoms with Gasteiger partial charge in [-0.3, -0.25) is 0 Å². The highest BCUT2D eigenvalue weighted by molar-refractivity contribution is 5.30. The van der Waals surface area contributed by atoms with Crippen LogP contribution in [0.15, 0.2) is 42.6 Å². The van der Waals surface area contributed by atoms with Crippen molar-refractivity contribution in [3.63, 3.8) is 0 Å². The first-order chi connectivity index (χ1) is 9.35. The summed E-state index contributed by atoms with van der Waals surface area (Å²) in [5.41, 5.74) is 2.08. The number of hydrogen-bond acceptors (Lipinski definition) is 3. The normalized spacial score (nSPS) is 12.5. The number of nitrogens with one attached hydrogen (secondary N) is 1. The standard InChI is InChI=1S/C15H21N3O/c1-3-16-15(12-19-4-2)14-10-11-18(17-14)13-8-6-5-7-9-13/h5-11,15-16H,3-4,12H2,1-2H3.